The molecule has 0 radical (unpaired) electrons. The molecule has 1 heterocycles. The van der Waals surface area contributed by atoms with Crippen molar-refractivity contribution in [2.45, 2.75) is 41.2 Å². The molecular weight excluding hydrogens is 362 g/mol. The van der Waals surface area contributed by atoms with E-state index in [0.717, 1.165) is 18.7 Å². The zero-order valence-corrected chi connectivity index (χ0v) is 18.0. The van der Waals surface area contributed by atoms with Gasteiger partial charge in [0.2, 0.25) is 5.43 Å². The Morgan fingerprint density at radius 2 is 1.59 bits per heavy atom. The fourth-order valence-corrected chi connectivity index (χ4v) is 3.96. The Bertz CT molecular complexity index is 1030. The summed E-state index contributed by atoms with van der Waals surface area (Å²) >= 11 is 0. The van der Waals surface area contributed by atoms with Crippen LogP contribution in [0.5, 0.6) is 5.75 Å². The van der Waals surface area contributed by atoms with Gasteiger partial charge in [0.05, 0.1) is 16.5 Å². The molecule has 1 aromatic heterocycles. The Hall–Kier alpha value is -2.59. The molecule has 0 saturated heterocycles. The molecule has 3 rings (SSSR count). The Morgan fingerprint density at radius 1 is 0.966 bits per heavy atom. The maximum Gasteiger partial charge on any atom is 0.200 e. The van der Waals surface area contributed by atoms with Gasteiger partial charge >= 0.3 is 0 Å². The third-order valence-electron chi connectivity index (χ3n) is 5.01. The normalized spacial score (nSPS) is 11.9. The van der Waals surface area contributed by atoms with Crippen LogP contribution in [0, 0.1) is 18.8 Å². The molecule has 0 bridgehead atoms. The summed E-state index contributed by atoms with van der Waals surface area (Å²) in [4.78, 5) is 15.6. The lowest BCUT2D eigenvalue weighted by Gasteiger charge is -2.26. The van der Waals surface area contributed by atoms with Crippen LogP contribution >= 0.6 is 0 Å². The van der Waals surface area contributed by atoms with Gasteiger partial charge in [-0.3, -0.25) is 9.69 Å². The number of aryl methyl sites for hydroxylation is 1. The van der Waals surface area contributed by atoms with Crippen LogP contribution in [0.4, 0.5) is 0 Å². The highest BCUT2D eigenvalue weighted by Crippen LogP contribution is 2.31. The van der Waals surface area contributed by atoms with E-state index in [1.807, 2.05) is 37.3 Å². The molecule has 29 heavy (non-hydrogen) atoms. The number of phenolic OH excluding ortho intramolecular Hbond substituents is 1. The number of nitrogens with zero attached hydrogens (tertiary/aromatic N) is 1. The average Bonchev–Trinajstić information content (AvgIpc) is 2.64. The van der Waals surface area contributed by atoms with E-state index in [9.17, 15) is 9.90 Å². The summed E-state index contributed by atoms with van der Waals surface area (Å²) < 4.78 is 6.16. The largest absolute Gasteiger partial charge is 0.507 e. The SMILES string of the molecule is Cc1oc2c(CN(CC(C)C)CC(C)C)c(O)ccc2c(=O)c1-c1ccccc1. The van der Waals surface area contributed by atoms with Gasteiger partial charge in [-0.15, -0.1) is 0 Å². The van der Waals surface area contributed by atoms with Gasteiger partial charge in [0, 0.05) is 19.6 Å². The molecule has 1 N–H and O–H groups in total. The van der Waals surface area contributed by atoms with E-state index in [1.54, 1.807) is 12.1 Å². The molecule has 4 heteroatoms. The molecule has 0 unspecified atom stereocenters. The van der Waals surface area contributed by atoms with Crippen molar-refractivity contribution in [1.82, 2.24) is 4.90 Å². The highest BCUT2D eigenvalue weighted by atomic mass is 16.3. The number of fused-ring (bicyclic) bond motifs is 1. The fourth-order valence-electron chi connectivity index (χ4n) is 3.96. The van der Waals surface area contributed by atoms with Crippen LogP contribution < -0.4 is 5.43 Å². The quantitative estimate of drug-likeness (QED) is 0.569. The Morgan fingerprint density at radius 3 is 2.17 bits per heavy atom. The third kappa shape index (κ3) is 4.70. The number of hydrogen-bond donors (Lipinski definition) is 1. The molecule has 0 aliphatic carbocycles. The van der Waals surface area contributed by atoms with Crippen LogP contribution in [-0.2, 0) is 6.54 Å². The van der Waals surface area contributed by atoms with Gasteiger partial charge in [-0.1, -0.05) is 58.0 Å². The van der Waals surface area contributed by atoms with Crippen molar-refractivity contribution in [2.24, 2.45) is 11.8 Å². The van der Waals surface area contributed by atoms with Gasteiger partial charge in [-0.25, -0.2) is 0 Å². The molecule has 0 atom stereocenters. The smallest absolute Gasteiger partial charge is 0.200 e. The van der Waals surface area contributed by atoms with E-state index in [1.165, 1.54) is 0 Å². The minimum Gasteiger partial charge on any atom is -0.507 e. The Balaban J connectivity index is 2.13. The summed E-state index contributed by atoms with van der Waals surface area (Å²) in [5, 5.41) is 11.1. The zero-order chi connectivity index (χ0) is 21.1. The summed E-state index contributed by atoms with van der Waals surface area (Å²) in [5.41, 5.74) is 2.54. The van der Waals surface area contributed by atoms with Crippen LogP contribution in [0.25, 0.3) is 22.1 Å². The second-order valence-corrected chi connectivity index (χ2v) is 8.65. The monoisotopic (exact) mass is 393 g/mol. The lowest BCUT2D eigenvalue weighted by molar-refractivity contribution is 0.209. The van der Waals surface area contributed by atoms with Crippen LogP contribution in [-0.4, -0.2) is 23.1 Å². The maximum atomic E-state index is 13.3. The first-order valence-electron chi connectivity index (χ1n) is 10.3. The van der Waals surface area contributed by atoms with E-state index >= 15 is 0 Å². The molecule has 2 aromatic carbocycles. The second-order valence-electron chi connectivity index (χ2n) is 8.65. The van der Waals surface area contributed by atoms with Gasteiger partial charge in [0.15, 0.2) is 0 Å². The lowest BCUT2D eigenvalue weighted by atomic mass is 10.0. The van der Waals surface area contributed by atoms with Gasteiger partial charge in [-0.2, -0.15) is 0 Å². The number of benzene rings is 2. The molecular formula is C25H31NO3. The van der Waals surface area contributed by atoms with Crippen molar-refractivity contribution in [3.63, 3.8) is 0 Å². The Kier molecular flexibility index (Phi) is 6.43. The number of aromatic hydroxyl groups is 1. The van der Waals surface area contributed by atoms with E-state index in [-0.39, 0.29) is 11.2 Å². The highest BCUT2D eigenvalue weighted by Gasteiger charge is 2.20. The minimum atomic E-state index is -0.0598. The van der Waals surface area contributed by atoms with Crippen molar-refractivity contribution in [2.75, 3.05) is 13.1 Å². The van der Waals surface area contributed by atoms with Crippen LogP contribution in [0.2, 0.25) is 0 Å². The number of hydrogen-bond acceptors (Lipinski definition) is 4. The molecule has 0 amide bonds. The van der Waals surface area contributed by atoms with E-state index in [4.69, 9.17) is 4.42 Å². The standard InChI is InChI=1S/C25H31NO3/c1-16(2)13-26(14-17(3)4)15-21-22(27)12-11-20-24(28)23(18(5)29-25(20)21)19-9-7-6-8-10-19/h6-12,16-17,27H,13-15H2,1-5H3. The Labute approximate surface area is 172 Å². The maximum absolute atomic E-state index is 13.3. The molecule has 3 aromatic rings. The number of phenols is 1. The molecule has 0 aliphatic rings. The highest BCUT2D eigenvalue weighted by molar-refractivity contribution is 5.86. The van der Waals surface area contributed by atoms with E-state index in [2.05, 4.69) is 32.6 Å². The van der Waals surface area contributed by atoms with Crippen molar-refractivity contribution < 1.29 is 9.52 Å². The fraction of sp³-hybridized carbons (Fsp3) is 0.400. The molecule has 0 fully saturated rings. The van der Waals surface area contributed by atoms with Gasteiger partial charge in [0.1, 0.15) is 17.1 Å². The molecule has 0 spiro atoms. The lowest BCUT2D eigenvalue weighted by Crippen LogP contribution is -2.31. The zero-order valence-electron chi connectivity index (χ0n) is 18.0. The van der Waals surface area contributed by atoms with Crippen LogP contribution in [0.15, 0.2) is 51.7 Å². The summed E-state index contributed by atoms with van der Waals surface area (Å²) in [5.74, 6) is 1.75. The van der Waals surface area contributed by atoms with E-state index < -0.39 is 0 Å². The van der Waals surface area contributed by atoms with Crippen molar-refractivity contribution in [3.8, 4) is 16.9 Å². The van der Waals surface area contributed by atoms with Gasteiger partial charge in [0.25, 0.3) is 0 Å². The van der Waals surface area contributed by atoms with Crippen molar-refractivity contribution >= 4 is 11.0 Å². The molecule has 4 nitrogen and oxygen atoms in total. The minimum absolute atomic E-state index is 0.0598. The predicted molar refractivity (Wildman–Crippen MR) is 119 cm³/mol. The van der Waals surface area contributed by atoms with Gasteiger partial charge in [-0.05, 0) is 36.5 Å². The average molecular weight is 394 g/mol. The molecule has 0 aliphatic heterocycles. The van der Waals surface area contributed by atoms with Crippen molar-refractivity contribution in [1.29, 1.82) is 0 Å². The molecule has 154 valence electrons. The summed E-state index contributed by atoms with van der Waals surface area (Å²) in [6, 6.07) is 12.9. The second kappa shape index (κ2) is 8.83. The summed E-state index contributed by atoms with van der Waals surface area (Å²) in [7, 11) is 0. The van der Waals surface area contributed by atoms with Crippen LogP contribution in [0.1, 0.15) is 39.0 Å². The van der Waals surface area contributed by atoms with Crippen LogP contribution in [0.3, 0.4) is 0 Å². The predicted octanol–water partition coefficient (Wildman–Crippen LogP) is 5.59. The first-order valence-corrected chi connectivity index (χ1v) is 10.3. The summed E-state index contributed by atoms with van der Waals surface area (Å²) in [6.45, 7) is 12.9. The van der Waals surface area contributed by atoms with E-state index in [0.29, 0.717) is 46.2 Å². The van der Waals surface area contributed by atoms with Crippen molar-refractivity contribution in [3.05, 3.63) is 64.0 Å². The topological polar surface area (TPSA) is 53.7 Å². The first-order chi connectivity index (χ1) is 13.8. The molecule has 0 saturated carbocycles. The van der Waals surface area contributed by atoms with Gasteiger partial charge < -0.3 is 9.52 Å². The summed E-state index contributed by atoms with van der Waals surface area (Å²) in [6.07, 6.45) is 0. The first kappa shape index (κ1) is 21.1. The third-order valence-corrected chi connectivity index (χ3v) is 5.01. The number of rotatable bonds is 7.